The van der Waals surface area contributed by atoms with Gasteiger partial charge in [0.1, 0.15) is 0 Å². The van der Waals surface area contributed by atoms with E-state index in [-0.39, 0.29) is 5.91 Å². The molecule has 128 valence electrons. The first-order valence-corrected chi connectivity index (χ1v) is 8.50. The van der Waals surface area contributed by atoms with Crippen LogP contribution in [0.25, 0.3) is 5.69 Å². The van der Waals surface area contributed by atoms with Crippen molar-refractivity contribution in [2.45, 2.75) is 26.3 Å². The molecule has 0 unspecified atom stereocenters. The predicted octanol–water partition coefficient (Wildman–Crippen LogP) is 3.77. The summed E-state index contributed by atoms with van der Waals surface area (Å²) in [4.78, 5) is 14.1. The summed E-state index contributed by atoms with van der Waals surface area (Å²) >= 11 is 0. The molecule has 0 radical (unpaired) electrons. The highest BCUT2D eigenvalue weighted by atomic mass is 16.2. The Morgan fingerprint density at radius 2 is 1.76 bits per heavy atom. The summed E-state index contributed by atoms with van der Waals surface area (Å²) in [6, 6.07) is 18.3. The SMILES string of the molecule is Cc1ccc(CN(C)C(=O)CCc2cnn(-c3ccccc3)c2)cc1. The van der Waals surface area contributed by atoms with Crippen molar-refractivity contribution < 1.29 is 4.79 Å². The van der Waals surface area contributed by atoms with E-state index in [0.717, 1.165) is 16.8 Å². The molecule has 2 aromatic carbocycles. The molecule has 0 N–H and O–H groups in total. The molecular formula is C21H23N3O. The topological polar surface area (TPSA) is 38.1 Å². The van der Waals surface area contributed by atoms with Gasteiger partial charge < -0.3 is 4.90 Å². The number of aryl methyl sites for hydroxylation is 2. The lowest BCUT2D eigenvalue weighted by atomic mass is 10.1. The van der Waals surface area contributed by atoms with Crippen LogP contribution in [0.4, 0.5) is 0 Å². The molecule has 25 heavy (non-hydrogen) atoms. The Bertz CT molecular complexity index is 822. The van der Waals surface area contributed by atoms with Gasteiger partial charge in [0.25, 0.3) is 0 Å². The quantitative estimate of drug-likeness (QED) is 0.689. The number of rotatable bonds is 6. The fraction of sp³-hybridized carbons (Fsp3) is 0.238. The summed E-state index contributed by atoms with van der Waals surface area (Å²) in [6.07, 6.45) is 5.01. The van der Waals surface area contributed by atoms with Gasteiger partial charge in [-0.3, -0.25) is 4.79 Å². The normalized spacial score (nSPS) is 10.6. The van der Waals surface area contributed by atoms with Crippen molar-refractivity contribution >= 4 is 5.91 Å². The van der Waals surface area contributed by atoms with Gasteiger partial charge in [-0.15, -0.1) is 0 Å². The van der Waals surface area contributed by atoms with Crippen LogP contribution in [0.5, 0.6) is 0 Å². The van der Waals surface area contributed by atoms with Crippen LogP contribution < -0.4 is 0 Å². The largest absolute Gasteiger partial charge is 0.341 e. The van der Waals surface area contributed by atoms with E-state index in [4.69, 9.17) is 0 Å². The highest BCUT2D eigenvalue weighted by Gasteiger charge is 2.10. The summed E-state index contributed by atoms with van der Waals surface area (Å²) in [5.41, 5.74) is 4.48. The standard InChI is InChI=1S/C21H23N3O/c1-17-8-10-18(11-9-17)15-23(2)21(25)13-12-19-14-22-24(16-19)20-6-4-3-5-7-20/h3-11,14,16H,12-13,15H2,1-2H3. The second-order valence-electron chi connectivity index (χ2n) is 6.36. The second kappa shape index (κ2) is 7.79. The summed E-state index contributed by atoms with van der Waals surface area (Å²) in [6.45, 7) is 2.71. The van der Waals surface area contributed by atoms with E-state index in [1.807, 2.05) is 54.5 Å². The molecule has 4 heteroatoms. The number of hydrogen-bond donors (Lipinski definition) is 0. The Morgan fingerprint density at radius 3 is 2.48 bits per heavy atom. The number of hydrogen-bond acceptors (Lipinski definition) is 2. The average Bonchev–Trinajstić information content (AvgIpc) is 3.11. The first kappa shape index (κ1) is 17.0. The highest BCUT2D eigenvalue weighted by Crippen LogP contribution is 2.11. The van der Waals surface area contributed by atoms with Gasteiger partial charge in [0.05, 0.1) is 11.9 Å². The molecule has 1 aromatic heterocycles. The van der Waals surface area contributed by atoms with Gasteiger partial charge in [0.2, 0.25) is 5.91 Å². The maximum Gasteiger partial charge on any atom is 0.222 e. The summed E-state index contributed by atoms with van der Waals surface area (Å²) < 4.78 is 1.84. The van der Waals surface area contributed by atoms with Gasteiger partial charge >= 0.3 is 0 Å². The van der Waals surface area contributed by atoms with Crippen LogP contribution in [0.15, 0.2) is 67.0 Å². The Labute approximate surface area is 148 Å². The molecule has 3 aromatic rings. The first-order valence-electron chi connectivity index (χ1n) is 8.50. The maximum absolute atomic E-state index is 12.4. The fourth-order valence-electron chi connectivity index (χ4n) is 2.71. The Hall–Kier alpha value is -2.88. The van der Waals surface area contributed by atoms with E-state index < -0.39 is 0 Å². The molecule has 4 nitrogen and oxygen atoms in total. The van der Waals surface area contributed by atoms with Crippen molar-refractivity contribution in [2.75, 3.05) is 7.05 Å². The minimum Gasteiger partial charge on any atom is -0.341 e. The van der Waals surface area contributed by atoms with Crippen molar-refractivity contribution in [1.29, 1.82) is 0 Å². The molecule has 0 fully saturated rings. The minimum absolute atomic E-state index is 0.146. The minimum atomic E-state index is 0.146. The molecule has 0 saturated carbocycles. The van der Waals surface area contributed by atoms with E-state index in [0.29, 0.717) is 19.4 Å². The lowest BCUT2D eigenvalue weighted by molar-refractivity contribution is -0.130. The number of para-hydroxylation sites is 1. The van der Waals surface area contributed by atoms with Gasteiger partial charge in [0, 0.05) is 26.2 Å². The van der Waals surface area contributed by atoms with Crippen LogP contribution in [0.2, 0.25) is 0 Å². The molecule has 0 bridgehead atoms. The van der Waals surface area contributed by atoms with E-state index in [1.54, 1.807) is 4.90 Å². The third kappa shape index (κ3) is 4.57. The molecule has 0 saturated heterocycles. The van der Waals surface area contributed by atoms with Crippen LogP contribution in [0, 0.1) is 6.92 Å². The van der Waals surface area contributed by atoms with Crippen molar-refractivity contribution in [3.63, 3.8) is 0 Å². The summed E-state index contributed by atoms with van der Waals surface area (Å²) in [7, 11) is 1.86. The molecular weight excluding hydrogens is 310 g/mol. The zero-order chi connectivity index (χ0) is 17.6. The number of nitrogens with zero attached hydrogens (tertiary/aromatic N) is 3. The van der Waals surface area contributed by atoms with Crippen LogP contribution in [0.3, 0.4) is 0 Å². The van der Waals surface area contributed by atoms with Crippen molar-refractivity contribution in [2.24, 2.45) is 0 Å². The molecule has 3 rings (SSSR count). The van der Waals surface area contributed by atoms with Gasteiger partial charge in [-0.2, -0.15) is 5.10 Å². The molecule has 0 aliphatic rings. The molecule has 1 heterocycles. The number of amides is 1. The first-order chi connectivity index (χ1) is 12.1. The molecule has 0 aliphatic heterocycles. The van der Waals surface area contributed by atoms with Crippen LogP contribution >= 0.6 is 0 Å². The van der Waals surface area contributed by atoms with Crippen molar-refractivity contribution in [3.05, 3.63) is 83.7 Å². The molecule has 0 spiro atoms. The highest BCUT2D eigenvalue weighted by molar-refractivity contribution is 5.76. The summed E-state index contributed by atoms with van der Waals surface area (Å²) in [5, 5.41) is 4.38. The number of carbonyl (C=O) groups excluding carboxylic acids is 1. The predicted molar refractivity (Wildman–Crippen MR) is 99.5 cm³/mol. The number of carbonyl (C=O) groups is 1. The van der Waals surface area contributed by atoms with Gasteiger partial charge in [-0.1, -0.05) is 48.0 Å². The Balaban J connectivity index is 1.53. The zero-order valence-corrected chi connectivity index (χ0v) is 14.7. The van der Waals surface area contributed by atoms with E-state index in [2.05, 4.69) is 36.3 Å². The van der Waals surface area contributed by atoms with E-state index >= 15 is 0 Å². The summed E-state index contributed by atoms with van der Waals surface area (Å²) in [5.74, 6) is 0.146. The molecule has 0 aliphatic carbocycles. The van der Waals surface area contributed by atoms with Crippen molar-refractivity contribution in [3.8, 4) is 5.69 Å². The fourth-order valence-corrected chi connectivity index (χ4v) is 2.71. The van der Waals surface area contributed by atoms with Gasteiger partial charge in [-0.05, 0) is 36.6 Å². The number of benzene rings is 2. The monoisotopic (exact) mass is 333 g/mol. The lowest BCUT2D eigenvalue weighted by Gasteiger charge is -2.17. The van der Waals surface area contributed by atoms with Gasteiger partial charge in [0.15, 0.2) is 0 Å². The van der Waals surface area contributed by atoms with Crippen LogP contribution in [-0.2, 0) is 17.8 Å². The van der Waals surface area contributed by atoms with Crippen molar-refractivity contribution in [1.82, 2.24) is 14.7 Å². The van der Waals surface area contributed by atoms with Crippen LogP contribution in [0.1, 0.15) is 23.1 Å². The van der Waals surface area contributed by atoms with E-state index in [1.165, 1.54) is 5.56 Å². The third-order valence-electron chi connectivity index (χ3n) is 4.25. The Morgan fingerprint density at radius 1 is 1.04 bits per heavy atom. The second-order valence-corrected chi connectivity index (χ2v) is 6.36. The lowest BCUT2D eigenvalue weighted by Crippen LogP contribution is -2.26. The molecule has 0 atom stereocenters. The smallest absolute Gasteiger partial charge is 0.222 e. The number of aromatic nitrogens is 2. The van der Waals surface area contributed by atoms with Crippen LogP contribution in [-0.4, -0.2) is 27.6 Å². The zero-order valence-electron chi connectivity index (χ0n) is 14.7. The molecule has 1 amide bonds. The maximum atomic E-state index is 12.4. The third-order valence-corrected chi connectivity index (χ3v) is 4.25. The van der Waals surface area contributed by atoms with Gasteiger partial charge in [-0.25, -0.2) is 4.68 Å². The van der Waals surface area contributed by atoms with E-state index in [9.17, 15) is 4.79 Å². The average molecular weight is 333 g/mol. The Kier molecular flexibility index (Phi) is 5.29.